The Kier molecular flexibility index (Phi) is 4.99. The topological polar surface area (TPSA) is 71.4 Å². The number of carbonyl (C=O) groups is 3. The Labute approximate surface area is 168 Å². The second-order valence-electron chi connectivity index (χ2n) is 11.0. The molecule has 0 aromatic rings. The molecule has 28 heavy (non-hydrogen) atoms. The molecule has 0 unspecified atom stereocenters. The molecule has 156 valence electrons. The first-order valence-corrected chi connectivity index (χ1v) is 11.4. The number of ketones is 2. The third kappa shape index (κ3) is 2.97. The fourth-order valence-electron chi connectivity index (χ4n) is 8.38. The van der Waals surface area contributed by atoms with Crippen molar-refractivity contribution in [1.82, 2.24) is 0 Å². The first kappa shape index (κ1) is 20.1. The van der Waals surface area contributed by atoms with E-state index in [0.29, 0.717) is 66.8 Å². The highest BCUT2D eigenvalue weighted by molar-refractivity contribution is 5.85. The minimum absolute atomic E-state index is 0.0161. The van der Waals surface area contributed by atoms with Gasteiger partial charge in [0.25, 0.3) is 0 Å². The number of hydrogen-bond acceptors (Lipinski definition) is 3. The van der Waals surface area contributed by atoms with E-state index in [0.717, 1.165) is 25.7 Å². The molecule has 0 aromatic carbocycles. The van der Waals surface area contributed by atoms with Gasteiger partial charge in [-0.25, -0.2) is 0 Å². The molecule has 0 aromatic heterocycles. The Morgan fingerprint density at radius 2 is 1.89 bits per heavy atom. The predicted molar refractivity (Wildman–Crippen MR) is 107 cm³/mol. The van der Waals surface area contributed by atoms with Crippen LogP contribution in [-0.4, -0.2) is 22.6 Å². The Bertz CT molecular complexity index is 684. The highest BCUT2D eigenvalue weighted by Gasteiger charge is 2.63. The molecule has 0 bridgehead atoms. The molecule has 0 heterocycles. The largest absolute Gasteiger partial charge is 0.481 e. The van der Waals surface area contributed by atoms with E-state index < -0.39 is 5.97 Å². The molecule has 1 N–H and O–H groups in total. The van der Waals surface area contributed by atoms with Crippen LogP contribution < -0.4 is 0 Å². The second-order valence-corrected chi connectivity index (χ2v) is 11.0. The predicted octanol–water partition coefficient (Wildman–Crippen LogP) is 4.89. The van der Waals surface area contributed by atoms with Gasteiger partial charge in [0, 0.05) is 31.6 Å². The number of carbonyl (C=O) groups excluding carboxylic acids is 2. The molecule has 0 aliphatic heterocycles. The van der Waals surface area contributed by atoms with Crippen LogP contribution in [0.5, 0.6) is 0 Å². The van der Waals surface area contributed by atoms with E-state index in [2.05, 4.69) is 20.8 Å². The number of carboxylic acid groups (broad SMARTS) is 1. The fraction of sp³-hybridized carbons (Fsp3) is 0.875. The molecule has 4 aliphatic rings. The molecule has 4 heteroatoms. The van der Waals surface area contributed by atoms with Crippen LogP contribution in [0.1, 0.15) is 85.0 Å². The lowest BCUT2D eigenvalue weighted by molar-refractivity contribution is -0.161. The molecule has 0 saturated heterocycles. The van der Waals surface area contributed by atoms with Gasteiger partial charge >= 0.3 is 5.97 Å². The first-order valence-electron chi connectivity index (χ1n) is 11.4. The van der Waals surface area contributed by atoms with E-state index in [9.17, 15) is 14.4 Å². The van der Waals surface area contributed by atoms with Gasteiger partial charge in [-0.15, -0.1) is 0 Å². The summed E-state index contributed by atoms with van der Waals surface area (Å²) in [5, 5.41) is 9.08. The van der Waals surface area contributed by atoms with Gasteiger partial charge in [-0.3, -0.25) is 14.4 Å². The highest BCUT2D eigenvalue weighted by atomic mass is 16.4. The minimum atomic E-state index is -0.718. The van der Waals surface area contributed by atoms with Crippen LogP contribution >= 0.6 is 0 Å². The van der Waals surface area contributed by atoms with Gasteiger partial charge in [0.2, 0.25) is 0 Å². The number of fused-ring (bicyclic) bond motifs is 5. The maximum atomic E-state index is 13.6. The van der Waals surface area contributed by atoms with Crippen molar-refractivity contribution in [3.05, 3.63) is 0 Å². The standard InChI is InChI=1S/C24H36O4/c1-14(4-9-21(27)28)18-7-8-19-17-6-5-15-12-16(25)10-11-23(15,2)22(17)20(26)13-24(18,19)3/h14-15,17-19,22H,4-13H2,1-3H3,(H,27,28)/t14-,15-,17+,18-,19+,22-,23+,24-/m1/s1. The Morgan fingerprint density at radius 3 is 2.61 bits per heavy atom. The molecule has 0 radical (unpaired) electrons. The summed E-state index contributed by atoms with van der Waals surface area (Å²) in [6, 6.07) is 0. The lowest BCUT2D eigenvalue weighted by atomic mass is 9.44. The second kappa shape index (κ2) is 6.95. The molecular formula is C24H36O4. The maximum absolute atomic E-state index is 13.6. The van der Waals surface area contributed by atoms with Crippen molar-refractivity contribution in [1.29, 1.82) is 0 Å². The molecule has 4 fully saturated rings. The van der Waals surface area contributed by atoms with E-state index in [4.69, 9.17) is 5.11 Å². The van der Waals surface area contributed by atoms with Gasteiger partial charge in [-0.1, -0.05) is 20.8 Å². The smallest absolute Gasteiger partial charge is 0.303 e. The van der Waals surface area contributed by atoms with Crippen LogP contribution in [-0.2, 0) is 14.4 Å². The molecule has 4 nitrogen and oxygen atoms in total. The summed E-state index contributed by atoms with van der Waals surface area (Å²) >= 11 is 0. The third-order valence-corrected chi connectivity index (χ3v) is 9.74. The van der Waals surface area contributed by atoms with Crippen LogP contribution in [0.15, 0.2) is 0 Å². The average molecular weight is 389 g/mol. The van der Waals surface area contributed by atoms with E-state index in [1.807, 2.05) is 0 Å². The van der Waals surface area contributed by atoms with Gasteiger partial charge in [0.05, 0.1) is 0 Å². The van der Waals surface area contributed by atoms with Crippen molar-refractivity contribution in [3.63, 3.8) is 0 Å². The summed E-state index contributed by atoms with van der Waals surface area (Å²) in [4.78, 5) is 36.6. The third-order valence-electron chi connectivity index (χ3n) is 9.74. The lowest BCUT2D eigenvalue weighted by Gasteiger charge is -2.59. The average Bonchev–Trinajstić information content (AvgIpc) is 2.96. The molecule has 4 rings (SSSR count). The van der Waals surface area contributed by atoms with Crippen molar-refractivity contribution >= 4 is 17.5 Å². The SMILES string of the molecule is C[C@H](CCC(=O)O)[C@H]1CC[C@H]2[C@@H]3CC[C@@H]4CC(=O)CC[C@]4(C)[C@H]3C(=O)C[C@]12C. The molecular weight excluding hydrogens is 352 g/mol. The summed E-state index contributed by atoms with van der Waals surface area (Å²) in [6.45, 7) is 6.84. The summed E-state index contributed by atoms with van der Waals surface area (Å²) in [6.07, 6.45) is 8.36. The number of aliphatic carboxylic acids is 1. The monoisotopic (exact) mass is 388 g/mol. The molecule has 0 amide bonds. The molecule has 8 atom stereocenters. The first-order chi connectivity index (χ1) is 13.2. The van der Waals surface area contributed by atoms with E-state index in [-0.39, 0.29) is 23.2 Å². The van der Waals surface area contributed by atoms with Crippen molar-refractivity contribution in [2.24, 2.45) is 46.3 Å². The normalized spacial score (nSPS) is 46.5. The zero-order valence-corrected chi connectivity index (χ0v) is 17.7. The van der Waals surface area contributed by atoms with Crippen molar-refractivity contribution in [2.45, 2.75) is 85.0 Å². The minimum Gasteiger partial charge on any atom is -0.481 e. The van der Waals surface area contributed by atoms with Crippen molar-refractivity contribution in [2.75, 3.05) is 0 Å². The van der Waals surface area contributed by atoms with Crippen LogP contribution in [0.4, 0.5) is 0 Å². The summed E-state index contributed by atoms with van der Waals surface area (Å²) in [7, 11) is 0. The van der Waals surface area contributed by atoms with E-state index in [1.165, 1.54) is 6.42 Å². The van der Waals surface area contributed by atoms with Crippen LogP contribution in [0.2, 0.25) is 0 Å². The fourth-order valence-corrected chi connectivity index (χ4v) is 8.38. The zero-order chi connectivity index (χ0) is 20.3. The maximum Gasteiger partial charge on any atom is 0.303 e. The Hall–Kier alpha value is -1.19. The van der Waals surface area contributed by atoms with Crippen molar-refractivity contribution < 1.29 is 19.5 Å². The van der Waals surface area contributed by atoms with Gasteiger partial charge in [0.1, 0.15) is 11.6 Å². The lowest BCUT2D eigenvalue weighted by Crippen LogP contribution is -2.57. The molecule has 0 spiro atoms. The number of Topliss-reactive ketones (excluding diaryl/α,β-unsaturated/α-hetero) is 2. The summed E-state index contributed by atoms with van der Waals surface area (Å²) in [5.41, 5.74) is 0.0477. The summed E-state index contributed by atoms with van der Waals surface area (Å²) < 4.78 is 0. The zero-order valence-electron chi connectivity index (χ0n) is 17.7. The van der Waals surface area contributed by atoms with Gasteiger partial charge in [-0.2, -0.15) is 0 Å². The van der Waals surface area contributed by atoms with Gasteiger partial charge in [0.15, 0.2) is 0 Å². The highest BCUT2D eigenvalue weighted by Crippen LogP contribution is 2.67. The van der Waals surface area contributed by atoms with Gasteiger partial charge < -0.3 is 5.11 Å². The van der Waals surface area contributed by atoms with Crippen molar-refractivity contribution in [3.8, 4) is 0 Å². The quantitative estimate of drug-likeness (QED) is 0.744. The number of carboxylic acids is 1. The number of rotatable bonds is 4. The molecule has 4 saturated carbocycles. The number of hydrogen-bond donors (Lipinski definition) is 1. The van der Waals surface area contributed by atoms with E-state index in [1.54, 1.807) is 0 Å². The Morgan fingerprint density at radius 1 is 1.14 bits per heavy atom. The Balaban J connectivity index is 1.58. The molecule has 4 aliphatic carbocycles. The van der Waals surface area contributed by atoms with Crippen LogP contribution in [0.25, 0.3) is 0 Å². The van der Waals surface area contributed by atoms with Crippen LogP contribution in [0.3, 0.4) is 0 Å². The van der Waals surface area contributed by atoms with E-state index >= 15 is 0 Å². The van der Waals surface area contributed by atoms with Gasteiger partial charge in [-0.05, 0) is 78.9 Å². The summed E-state index contributed by atoms with van der Waals surface area (Å²) in [5.74, 6) is 2.53. The van der Waals surface area contributed by atoms with Crippen LogP contribution in [0, 0.1) is 46.3 Å².